The maximum atomic E-state index is 11.5. The van der Waals surface area contributed by atoms with Gasteiger partial charge in [-0.2, -0.15) is 5.10 Å². The molecule has 1 amide bonds. The van der Waals surface area contributed by atoms with Crippen LogP contribution in [0.5, 0.6) is 0 Å². The van der Waals surface area contributed by atoms with Gasteiger partial charge in [0.05, 0.1) is 17.8 Å². The molecule has 74 valence electrons. The van der Waals surface area contributed by atoms with Crippen LogP contribution in [0.4, 0.5) is 0 Å². The molecule has 0 saturated carbocycles. The molecule has 1 rings (SSSR count). The molecule has 0 spiro atoms. The molecule has 0 aliphatic heterocycles. The molecular formula is C10H13N3O. The third-order valence-electron chi connectivity index (χ3n) is 1.89. The summed E-state index contributed by atoms with van der Waals surface area (Å²) >= 11 is 0. The van der Waals surface area contributed by atoms with Crippen molar-refractivity contribution in [3.8, 4) is 12.3 Å². The van der Waals surface area contributed by atoms with Crippen molar-refractivity contribution >= 4 is 5.91 Å². The fourth-order valence-corrected chi connectivity index (χ4v) is 1.00. The number of amides is 1. The van der Waals surface area contributed by atoms with Crippen LogP contribution in [0.2, 0.25) is 0 Å². The Kier molecular flexibility index (Phi) is 3.29. The van der Waals surface area contributed by atoms with E-state index in [9.17, 15) is 4.79 Å². The summed E-state index contributed by atoms with van der Waals surface area (Å²) in [5, 5.41) is 8.99. The average Bonchev–Trinajstić information content (AvgIpc) is 2.65. The van der Waals surface area contributed by atoms with E-state index in [2.05, 4.69) is 21.4 Å². The van der Waals surface area contributed by atoms with Gasteiger partial charge in [-0.3, -0.25) is 9.89 Å². The summed E-state index contributed by atoms with van der Waals surface area (Å²) in [6.45, 7) is 3.92. The third kappa shape index (κ3) is 2.36. The number of nitrogens with zero attached hydrogens (tertiary/aromatic N) is 1. The molecule has 1 heterocycles. The second kappa shape index (κ2) is 4.47. The van der Waals surface area contributed by atoms with Crippen LogP contribution in [0.1, 0.15) is 24.2 Å². The highest BCUT2D eigenvalue weighted by molar-refractivity contribution is 5.94. The number of hydrogen-bond donors (Lipinski definition) is 2. The predicted octanol–water partition coefficient (Wildman–Crippen LogP) is 0.797. The van der Waals surface area contributed by atoms with E-state index in [1.165, 1.54) is 12.4 Å². The Morgan fingerprint density at radius 1 is 1.71 bits per heavy atom. The number of rotatable bonds is 3. The Hall–Kier alpha value is -1.76. The topological polar surface area (TPSA) is 57.8 Å². The van der Waals surface area contributed by atoms with E-state index < -0.39 is 0 Å². The number of terminal acetylenes is 1. The molecule has 0 aliphatic rings. The minimum atomic E-state index is -0.239. The number of carbonyl (C=O) groups excluding carboxylic acids is 1. The van der Waals surface area contributed by atoms with Gasteiger partial charge in [-0.05, 0) is 5.92 Å². The van der Waals surface area contributed by atoms with E-state index in [0.29, 0.717) is 5.56 Å². The number of carbonyl (C=O) groups is 1. The van der Waals surface area contributed by atoms with Crippen LogP contribution in [0.15, 0.2) is 12.4 Å². The average molecular weight is 191 g/mol. The van der Waals surface area contributed by atoms with Crippen LogP contribution in [-0.2, 0) is 0 Å². The smallest absolute Gasteiger partial charge is 0.255 e. The van der Waals surface area contributed by atoms with Crippen LogP contribution in [0.3, 0.4) is 0 Å². The summed E-state index contributed by atoms with van der Waals surface area (Å²) in [5.41, 5.74) is 0.492. The maximum absolute atomic E-state index is 11.5. The molecule has 2 N–H and O–H groups in total. The van der Waals surface area contributed by atoms with Gasteiger partial charge in [-0.15, -0.1) is 6.42 Å². The Morgan fingerprint density at radius 3 is 2.86 bits per heavy atom. The second-order valence-electron chi connectivity index (χ2n) is 3.35. The zero-order valence-electron chi connectivity index (χ0n) is 8.24. The highest BCUT2D eigenvalue weighted by atomic mass is 16.1. The van der Waals surface area contributed by atoms with E-state index in [1.807, 2.05) is 13.8 Å². The molecule has 0 saturated heterocycles. The molecule has 1 atom stereocenters. The van der Waals surface area contributed by atoms with Gasteiger partial charge in [-0.25, -0.2) is 0 Å². The molecule has 1 aromatic heterocycles. The number of H-pyrrole nitrogens is 1. The molecule has 0 radical (unpaired) electrons. The van der Waals surface area contributed by atoms with Crippen LogP contribution < -0.4 is 5.32 Å². The summed E-state index contributed by atoms with van der Waals surface area (Å²) in [5.74, 6) is 2.55. The van der Waals surface area contributed by atoms with Crippen molar-refractivity contribution in [1.29, 1.82) is 0 Å². The summed E-state index contributed by atoms with van der Waals surface area (Å²) in [4.78, 5) is 11.5. The van der Waals surface area contributed by atoms with Crippen molar-refractivity contribution < 1.29 is 4.79 Å². The third-order valence-corrected chi connectivity index (χ3v) is 1.89. The standard InChI is InChI=1S/C10H13N3O/c1-4-9(7(2)3)13-10(14)8-5-11-12-6-8/h1,5-7,9H,2-3H3,(H,11,12)(H,13,14). The molecule has 14 heavy (non-hydrogen) atoms. The van der Waals surface area contributed by atoms with Crippen LogP contribution in [-0.4, -0.2) is 22.1 Å². The fourth-order valence-electron chi connectivity index (χ4n) is 1.00. The number of nitrogens with one attached hydrogen (secondary N) is 2. The first-order valence-electron chi connectivity index (χ1n) is 4.41. The largest absolute Gasteiger partial charge is 0.338 e. The van der Waals surface area contributed by atoms with Crippen molar-refractivity contribution in [2.24, 2.45) is 5.92 Å². The lowest BCUT2D eigenvalue weighted by Gasteiger charge is -2.15. The maximum Gasteiger partial charge on any atom is 0.255 e. The van der Waals surface area contributed by atoms with Crippen molar-refractivity contribution in [3.05, 3.63) is 18.0 Å². The summed E-state index contributed by atoms with van der Waals surface area (Å²) in [6.07, 6.45) is 8.28. The lowest BCUT2D eigenvalue weighted by atomic mass is 10.1. The highest BCUT2D eigenvalue weighted by Crippen LogP contribution is 2.02. The Morgan fingerprint density at radius 2 is 2.43 bits per heavy atom. The van der Waals surface area contributed by atoms with Gasteiger partial charge in [0.1, 0.15) is 0 Å². The van der Waals surface area contributed by atoms with E-state index in [1.54, 1.807) is 0 Å². The Labute approximate surface area is 83.1 Å². The highest BCUT2D eigenvalue weighted by Gasteiger charge is 2.14. The lowest BCUT2D eigenvalue weighted by Crippen LogP contribution is -2.37. The first-order valence-corrected chi connectivity index (χ1v) is 4.41. The molecule has 1 aromatic rings. The van der Waals surface area contributed by atoms with Crippen molar-refractivity contribution in [3.63, 3.8) is 0 Å². The molecule has 1 unspecified atom stereocenters. The van der Waals surface area contributed by atoms with E-state index in [0.717, 1.165) is 0 Å². The summed E-state index contributed by atoms with van der Waals surface area (Å²) in [7, 11) is 0. The summed E-state index contributed by atoms with van der Waals surface area (Å²) < 4.78 is 0. The number of aromatic nitrogens is 2. The van der Waals surface area contributed by atoms with E-state index >= 15 is 0 Å². The van der Waals surface area contributed by atoms with Gasteiger partial charge < -0.3 is 5.32 Å². The molecule has 4 nitrogen and oxygen atoms in total. The number of hydrogen-bond acceptors (Lipinski definition) is 2. The monoisotopic (exact) mass is 191 g/mol. The summed E-state index contributed by atoms with van der Waals surface area (Å²) in [6, 6.07) is -0.239. The van der Waals surface area contributed by atoms with Gasteiger partial charge in [0.15, 0.2) is 0 Å². The van der Waals surface area contributed by atoms with Gasteiger partial charge in [0.25, 0.3) is 5.91 Å². The van der Waals surface area contributed by atoms with Crippen molar-refractivity contribution in [1.82, 2.24) is 15.5 Å². The van der Waals surface area contributed by atoms with Crippen molar-refractivity contribution in [2.45, 2.75) is 19.9 Å². The first-order chi connectivity index (χ1) is 6.65. The van der Waals surface area contributed by atoms with E-state index in [4.69, 9.17) is 6.42 Å². The van der Waals surface area contributed by atoms with Gasteiger partial charge in [0.2, 0.25) is 0 Å². The molecule has 0 aromatic carbocycles. The normalized spacial score (nSPS) is 12.1. The van der Waals surface area contributed by atoms with Crippen LogP contribution in [0.25, 0.3) is 0 Å². The minimum Gasteiger partial charge on any atom is -0.338 e. The molecule has 0 aliphatic carbocycles. The fraction of sp³-hybridized carbons (Fsp3) is 0.400. The van der Waals surface area contributed by atoms with Crippen LogP contribution in [0, 0.1) is 18.3 Å². The van der Waals surface area contributed by atoms with Gasteiger partial charge in [-0.1, -0.05) is 19.8 Å². The van der Waals surface area contributed by atoms with Crippen LogP contribution >= 0.6 is 0 Å². The molecule has 4 heteroatoms. The zero-order chi connectivity index (χ0) is 10.6. The first kappa shape index (κ1) is 10.3. The molecule has 0 fully saturated rings. The Bertz CT molecular complexity index is 335. The predicted molar refractivity (Wildman–Crippen MR) is 53.5 cm³/mol. The Balaban J connectivity index is 2.61. The van der Waals surface area contributed by atoms with Crippen molar-refractivity contribution in [2.75, 3.05) is 0 Å². The number of aromatic amines is 1. The lowest BCUT2D eigenvalue weighted by molar-refractivity contribution is 0.0938. The van der Waals surface area contributed by atoms with E-state index in [-0.39, 0.29) is 17.9 Å². The zero-order valence-corrected chi connectivity index (χ0v) is 8.24. The second-order valence-corrected chi connectivity index (χ2v) is 3.35. The quantitative estimate of drug-likeness (QED) is 0.694. The van der Waals surface area contributed by atoms with Gasteiger partial charge in [0, 0.05) is 6.20 Å². The SMILES string of the molecule is C#CC(NC(=O)c1cn[nH]c1)C(C)C. The molecular weight excluding hydrogens is 178 g/mol. The minimum absolute atomic E-state index is 0.199. The van der Waals surface area contributed by atoms with Gasteiger partial charge >= 0.3 is 0 Å². The molecule has 0 bridgehead atoms.